The minimum atomic E-state index is -0.228. The monoisotopic (exact) mass is 418 g/mol. The lowest BCUT2D eigenvalue weighted by Crippen LogP contribution is -2.27. The van der Waals surface area contributed by atoms with E-state index in [1.807, 2.05) is 37.3 Å². The molecule has 1 atom stereocenters. The van der Waals surface area contributed by atoms with Gasteiger partial charge in [-0.15, -0.1) is 10.2 Å². The quantitative estimate of drug-likeness (QED) is 0.514. The highest BCUT2D eigenvalue weighted by molar-refractivity contribution is 6.36. The Morgan fingerprint density at radius 3 is 2.72 bits per heavy atom. The fraction of sp³-hybridized carbons (Fsp3) is 0.500. The Labute approximate surface area is 174 Å². The predicted octanol–water partition coefficient (Wildman–Crippen LogP) is 3.59. The van der Waals surface area contributed by atoms with Gasteiger partial charge in [0.25, 0.3) is 0 Å². The third kappa shape index (κ3) is 4.22. The Morgan fingerprint density at radius 1 is 1.31 bits per heavy atom. The number of nitrogens with two attached hydrogens (primary N) is 1. The normalized spacial score (nSPS) is 12.6. The molecule has 0 fully saturated rings. The van der Waals surface area contributed by atoms with Crippen molar-refractivity contribution < 1.29 is 9.53 Å². The van der Waals surface area contributed by atoms with Gasteiger partial charge in [-0.2, -0.15) is 0 Å². The number of fused-ring (bicyclic) bond motifs is 3. The molecule has 156 valence electrons. The molecule has 0 saturated heterocycles. The number of rotatable bonds is 9. The summed E-state index contributed by atoms with van der Waals surface area (Å²) in [5, 5.41) is 12.2. The first-order chi connectivity index (χ1) is 13.8. The molecule has 0 aliphatic carbocycles. The summed E-state index contributed by atoms with van der Waals surface area (Å²) < 4.78 is 7.25. The van der Waals surface area contributed by atoms with Crippen molar-refractivity contribution >= 4 is 40.0 Å². The second-order valence-corrected chi connectivity index (χ2v) is 7.87. The maximum absolute atomic E-state index is 11.5. The Morgan fingerprint density at radius 2 is 2.07 bits per heavy atom. The second kappa shape index (κ2) is 8.82. The number of benzene rings is 1. The van der Waals surface area contributed by atoms with Crippen LogP contribution in [0.1, 0.15) is 38.9 Å². The fourth-order valence-corrected chi connectivity index (χ4v) is 3.84. The van der Waals surface area contributed by atoms with Crippen LogP contribution in [0, 0.1) is 18.8 Å². The number of hydrogen-bond donors (Lipinski definition) is 2. The van der Waals surface area contributed by atoms with Crippen LogP contribution in [0.25, 0.3) is 16.7 Å². The predicted molar refractivity (Wildman–Crippen MR) is 114 cm³/mol. The van der Waals surface area contributed by atoms with Crippen molar-refractivity contribution in [2.24, 2.45) is 17.6 Å². The van der Waals surface area contributed by atoms with Crippen molar-refractivity contribution in [3.05, 3.63) is 23.0 Å². The summed E-state index contributed by atoms with van der Waals surface area (Å²) in [5.41, 5.74) is 7.58. The first-order valence-electron chi connectivity index (χ1n) is 9.76. The van der Waals surface area contributed by atoms with Gasteiger partial charge >= 0.3 is 0 Å². The molecule has 2 aromatic heterocycles. The Bertz CT molecular complexity index is 1030. The number of methoxy groups -OCH3 is 1. The second-order valence-electron chi connectivity index (χ2n) is 7.49. The molecular formula is C20H27ClN6O2. The number of hydrogen-bond acceptors (Lipinski definition) is 6. The van der Waals surface area contributed by atoms with Crippen molar-refractivity contribution in [2.75, 3.05) is 19.0 Å². The van der Waals surface area contributed by atoms with Gasteiger partial charge in [-0.1, -0.05) is 31.9 Å². The van der Waals surface area contributed by atoms with E-state index in [4.69, 9.17) is 27.1 Å². The van der Waals surface area contributed by atoms with E-state index >= 15 is 0 Å². The molecule has 0 bridgehead atoms. The number of unbranched alkanes of at least 4 members (excludes halogenated alkanes) is 1. The maximum Gasteiger partial charge on any atom is 0.220 e. The van der Waals surface area contributed by atoms with E-state index in [0.717, 1.165) is 30.6 Å². The number of amides is 1. The molecular weight excluding hydrogens is 392 g/mol. The van der Waals surface area contributed by atoms with Crippen LogP contribution in [0.3, 0.4) is 0 Å². The highest BCUT2D eigenvalue weighted by atomic mass is 35.5. The van der Waals surface area contributed by atoms with Gasteiger partial charge in [0.2, 0.25) is 11.6 Å². The lowest BCUT2D eigenvalue weighted by Gasteiger charge is -2.17. The highest BCUT2D eigenvalue weighted by Crippen LogP contribution is 2.33. The number of carbonyl (C=O) groups excluding carboxylic acids is 1. The minimum absolute atomic E-state index is 0.0917. The van der Waals surface area contributed by atoms with Gasteiger partial charge in [-0.3, -0.25) is 9.20 Å². The molecule has 0 saturated carbocycles. The SMILES string of the molecule is COc1ccc2c(nc(NCCCCC(C(N)=O)C(C)C)c3nnc(C)n32)c1Cl. The van der Waals surface area contributed by atoms with Crippen LogP contribution >= 0.6 is 11.6 Å². The number of nitrogens with zero attached hydrogens (tertiary/aromatic N) is 4. The molecule has 0 aliphatic rings. The smallest absolute Gasteiger partial charge is 0.220 e. The van der Waals surface area contributed by atoms with Crippen LogP contribution in [0.5, 0.6) is 5.75 Å². The van der Waals surface area contributed by atoms with Gasteiger partial charge in [-0.05, 0) is 37.8 Å². The molecule has 2 heterocycles. The summed E-state index contributed by atoms with van der Waals surface area (Å²) in [6, 6.07) is 3.71. The molecule has 1 unspecified atom stereocenters. The van der Waals surface area contributed by atoms with Gasteiger partial charge in [0.1, 0.15) is 22.1 Å². The number of primary amides is 1. The number of carbonyl (C=O) groups is 1. The van der Waals surface area contributed by atoms with Gasteiger partial charge < -0.3 is 15.8 Å². The molecule has 8 nitrogen and oxygen atoms in total. The zero-order valence-electron chi connectivity index (χ0n) is 17.2. The van der Waals surface area contributed by atoms with E-state index in [1.165, 1.54) is 0 Å². The van der Waals surface area contributed by atoms with E-state index in [1.54, 1.807) is 7.11 Å². The largest absolute Gasteiger partial charge is 0.495 e. The summed E-state index contributed by atoms with van der Waals surface area (Å²) in [6.07, 6.45) is 2.55. The van der Waals surface area contributed by atoms with Crippen molar-refractivity contribution in [3.63, 3.8) is 0 Å². The lowest BCUT2D eigenvalue weighted by atomic mass is 9.90. The lowest BCUT2D eigenvalue weighted by molar-refractivity contribution is -0.123. The molecule has 3 N–H and O–H groups in total. The van der Waals surface area contributed by atoms with E-state index in [0.29, 0.717) is 34.3 Å². The average molecular weight is 419 g/mol. The number of nitrogens with one attached hydrogen (secondary N) is 1. The number of aromatic nitrogens is 4. The Kier molecular flexibility index (Phi) is 6.42. The zero-order chi connectivity index (χ0) is 21.1. The van der Waals surface area contributed by atoms with E-state index in [2.05, 4.69) is 15.5 Å². The van der Waals surface area contributed by atoms with Gasteiger partial charge in [0.05, 0.1) is 12.6 Å². The third-order valence-corrected chi connectivity index (χ3v) is 5.55. The standard InChI is InChI=1S/C20H27ClN6O2/c1-11(2)13(18(22)28)7-5-6-10-23-19-20-26-25-12(3)27(20)14-8-9-15(29-4)16(21)17(14)24-19/h8-9,11,13H,5-7,10H2,1-4H3,(H2,22,28)(H,23,24). The van der Waals surface area contributed by atoms with Crippen molar-refractivity contribution in [3.8, 4) is 5.75 Å². The maximum atomic E-state index is 11.5. The molecule has 3 rings (SSSR count). The van der Waals surface area contributed by atoms with Crippen molar-refractivity contribution in [2.45, 2.75) is 40.0 Å². The third-order valence-electron chi connectivity index (χ3n) is 5.19. The van der Waals surface area contributed by atoms with Crippen molar-refractivity contribution in [1.82, 2.24) is 19.6 Å². The van der Waals surface area contributed by atoms with Crippen LogP contribution < -0.4 is 15.8 Å². The first kappa shape index (κ1) is 21.1. The van der Waals surface area contributed by atoms with Crippen LogP contribution in [0.2, 0.25) is 5.02 Å². The Hall–Kier alpha value is -2.61. The summed E-state index contributed by atoms with van der Waals surface area (Å²) in [6.45, 7) is 6.62. The van der Waals surface area contributed by atoms with Crippen LogP contribution in [0.4, 0.5) is 5.82 Å². The topological polar surface area (TPSA) is 107 Å². The summed E-state index contributed by atoms with van der Waals surface area (Å²) in [5.74, 6) is 1.85. The van der Waals surface area contributed by atoms with E-state index < -0.39 is 0 Å². The summed E-state index contributed by atoms with van der Waals surface area (Å²) >= 11 is 6.50. The van der Waals surface area contributed by atoms with E-state index in [-0.39, 0.29) is 17.7 Å². The number of aryl methyl sites for hydroxylation is 1. The van der Waals surface area contributed by atoms with Gasteiger partial charge in [0, 0.05) is 12.5 Å². The van der Waals surface area contributed by atoms with Crippen molar-refractivity contribution in [1.29, 1.82) is 0 Å². The van der Waals surface area contributed by atoms with Crippen LogP contribution in [0.15, 0.2) is 12.1 Å². The average Bonchev–Trinajstić information content (AvgIpc) is 3.06. The van der Waals surface area contributed by atoms with Gasteiger partial charge in [0.15, 0.2) is 5.82 Å². The van der Waals surface area contributed by atoms with Crippen LogP contribution in [-0.4, -0.2) is 39.1 Å². The minimum Gasteiger partial charge on any atom is -0.495 e. The number of anilines is 1. The molecule has 29 heavy (non-hydrogen) atoms. The molecule has 1 aromatic carbocycles. The first-order valence-corrected chi connectivity index (χ1v) is 10.1. The van der Waals surface area contributed by atoms with Crippen LogP contribution in [-0.2, 0) is 4.79 Å². The molecule has 0 spiro atoms. The highest BCUT2D eigenvalue weighted by Gasteiger charge is 2.19. The summed E-state index contributed by atoms with van der Waals surface area (Å²) in [4.78, 5) is 16.2. The molecule has 0 radical (unpaired) electrons. The Balaban J connectivity index is 1.80. The van der Waals surface area contributed by atoms with Gasteiger partial charge in [-0.25, -0.2) is 4.98 Å². The van der Waals surface area contributed by atoms with E-state index in [9.17, 15) is 4.79 Å². The molecule has 3 aromatic rings. The fourth-order valence-electron chi connectivity index (χ4n) is 3.56. The zero-order valence-corrected chi connectivity index (χ0v) is 18.0. The molecule has 9 heteroatoms. The summed E-state index contributed by atoms with van der Waals surface area (Å²) in [7, 11) is 1.57. The number of ether oxygens (including phenoxy) is 1. The molecule has 0 aliphatic heterocycles. The number of halogens is 1. The molecule has 1 amide bonds.